The first-order valence-corrected chi connectivity index (χ1v) is 14.1. The van der Waals surface area contributed by atoms with E-state index in [1.54, 1.807) is 0 Å². The van der Waals surface area contributed by atoms with Crippen LogP contribution < -0.4 is 10.0 Å². The summed E-state index contributed by atoms with van der Waals surface area (Å²) in [7, 11) is -1.84. The number of halogens is 2. The Labute approximate surface area is 226 Å². The van der Waals surface area contributed by atoms with Crippen molar-refractivity contribution in [2.45, 2.75) is 24.3 Å². The van der Waals surface area contributed by atoms with Gasteiger partial charge in [-0.15, -0.1) is 0 Å². The molecule has 2 heterocycles. The van der Waals surface area contributed by atoms with Crippen molar-refractivity contribution in [2.24, 2.45) is 0 Å². The minimum atomic E-state index is -3.97. The lowest BCUT2D eigenvalue weighted by molar-refractivity contribution is 0.246. The standard InChI is InChI=1S/C27H26Cl2N4O3S/c1-32-15-13-23-24-16-20(29)6-11-25(24)33(26(23)17-32)21-7-2-18(3-8-21)12-14-30-27(34)31-37(35,36)22-9-4-19(28)5-10-22/h2-11,16H,12-15,17H2,1H3,(H2,30,31,34). The van der Waals surface area contributed by atoms with Crippen molar-refractivity contribution >= 4 is 50.2 Å². The molecule has 2 amide bonds. The van der Waals surface area contributed by atoms with Gasteiger partial charge in [0.1, 0.15) is 0 Å². The third-order valence-corrected chi connectivity index (χ3v) is 8.38. The third-order valence-electron chi connectivity index (χ3n) is 6.55. The van der Waals surface area contributed by atoms with E-state index in [4.69, 9.17) is 23.2 Å². The number of hydrogen-bond acceptors (Lipinski definition) is 4. The number of aromatic nitrogens is 1. The molecule has 2 N–H and O–H groups in total. The molecule has 1 aliphatic rings. The lowest BCUT2D eigenvalue weighted by Gasteiger charge is -2.24. The molecular weight excluding hydrogens is 531 g/mol. The Kier molecular flexibility index (Phi) is 7.18. The van der Waals surface area contributed by atoms with Crippen LogP contribution in [0.15, 0.2) is 71.6 Å². The number of rotatable bonds is 6. The van der Waals surface area contributed by atoms with Gasteiger partial charge in [-0.1, -0.05) is 35.3 Å². The SMILES string of the molecule is CN1CCc2c(n(-c3ccc(CCNC(=O)NS(=O)(=O)c4ccc(Cl)cc4)cc3)c3ccc(Cl)cc23)C1. The Morgan fingerprint density at radius 2 is 1.68 bits per heavy atom. The van der Waals surface area contributed by atoms with Gasteiger partial charge in [-0.25, -0.2) is 17.9 Å². The van der Waals surface area contributed by atoms with Crippen molar-refractivity contribution in [1.82, 2.24) is 19.5 Å². The predicted octanol–water partition coefficient (Wildman–Crippen LogP) is 5.16. The molecule has 7 nitrogen and oxygen atoms in total. The van der Waals surface area contributed by atoms with Gasteiger partial charge in [0.25, 0.3) is 10.0 Å². The molecule has 10 heteroatoms. The van der Waals surface area contributed by atoms with Crippen molar-refractivity contribution in [3.63, 3.8) is 0 Å². The zero-order valence-corrected chi connectivity index (χ0v) is 22.5. The second-order valence-electron chi connectivity index (χ2n) is 9.14. The van der Waals surface area contributed by atoms with E-state index >= 15 is 0 Å². The third kappa shape index (κ3) is 5.48. The molecule has 1 aliphatic heterocycles. The quantitative estimate of drug-likeness (QED) is 0.343. The van der Waals surface area contributed by atoms with E-state index in [-0.39, 0.29) is 11.4 Å². The molecule has 4 aromatic rings. The van der Waals surface area contributed by atoms with Crippen molar-refractivity contribution in [1.29, 1.82) is 0 Å². The highest BCUT2D eigenvalue weighted by atomic mass is 35.5. The highest BCUT2D eigenvalue weighted by Gasteiger charge is 2.23. The van der Waals surface area contributed by atoms with E-state index in [1.165, 1.54) is 40.9 Å². The van der Waals surface area contributed by atoms with E-state index in [1.807, 2.05) is 22.9 Å². The molecule has 1 aromatic heterocycles. The zero-order chi connectivity index (χ0) is 26.2. The van der Waals surface area contributed by atoms with Gasteiger partial charge < -0.3 is 14.8 Å². The number of amides is 2. The summed E-state index contributed by atoms with van der Waals surface area (Å²) in [6, 6.07) is 19.1. The summed E-state index contributed by atoms with van der Waals surface area (Å²) in [6.07, 6.45) is 1.53. The van der Waals surface area contributed by atoms with Crippen LogP contribution in [0.25, 0.3) is 16.6 Å². The fourth-order valence-electron chi connectivity index (χ4n) is 4.72. The van der Waals surface area contributed by atoms with Gasteiger partial charge in [-0.3, -0.25) is 0 Å². The summed E-state index contributed by atoms with van der Waals surface area (Å²) in [5, 5.41) is 4.95. The lowest BCUT2D eigenvalue weighted by Crippen LogP contribution is -2.40. The first kappa shape index (κ1) is 25.6. The summed E-state index contributed by atoms with van der Waals surface area (Å²) >= 11 is 12.1. The van der Waals surface area contributed by atoms with Gasteiger partial charge >= 0.3 is 6.03 Å². The fraction of sp³-hybridized carbons (Fsp3) is 0.222. The van der Waals surface area contributed by atoms with E-state index in [0.29, 0.717) is 11.4 Å². The Morgan fingerprint density at radius 1 is 0.973 bits per heavy atom. The topological polar surface area (TPSA) is 83.4 Å². The van der Waals surface area contributed by atoms with Crippen LogP contribution in [0.4, 0.5) is 4.79 Å². The molecule has 3 aromatic carbocycles. The van der Waals surface area contributed by atoms with Gasteiger partial charge in [-0.2, -0.15) is 0 Å². The smallest absolute Gasteiger partial charge is 0.328 e. The molecule has 192 valence electrons. The van der Waals surface area contributed by atoms with Gasteiger partial charge in [0, 0.05) is 46.4 Å². The normalized spacial score (nSPS) is 13.9. The summed E-state index contributed by atoms with van der Waals surface area (Å²) in [5.41, 5.74) is 5.85. The Hall–Kier alpha value is -3.04. The maximum Gasteiger partial charge on any atom is 0.328 e. The Balaban J connectivity index is 1.26. The van der Waals surface area contributed by atoms with Crippen LogP contribution in [0.1, 0.15) is 16.8 Å². The molecule has 0 spiro atoms. The monoisotopic (exact) mass is 556 g/mol. The maximum absolute atomic E-state index is 12.3. The number of carbonyl (C=O) groups is 1. The van der Waals surface area contributed by atoms with Gasteiger partial charge in [-0.05, 0) is 85.6 Å². The van der Waals surface area contributed by atoms with Crippen molar-refractivity contribution in [3.05, 3.63) is 93.6 Å². The van der Waals surface area contributed by atoms with Crippen molar-refractivity contribution in [3.8, 4) is 5.69 Å². The molecule has 37 heavy (non-hydrogen) atoms. The number of nitrogens with zero attached hydrogens (tertiary/aromatic N) is 2. The molecule has 0 radical (unpaired) electrons. The average Bonchev–Trinajstić information content (AvgIpc) is 3.17. The number of sulfonamides is 1. The highest BCUT2D eigenvalue weighted by Crippen LogP contribution is 2.34. The van der Waals surface area contributed by atoms with E-state index in [9.17, 15) is 13.2 Å². The second-order valence-corrected chi connectivity index (χ2v) is 11.7. The van der Waals surface area contributed by atoms with Crippen molar-refractivity contribution < 1.29 is 13.2 Å². The molecule has 0 bridgehead atoms. The largest absolute Gasteiger partial charge is 0.337 e. The summed E-state index contributed by atoms with van der Waals surface area (Å²) in [6.45, 7) is 2.16. The van der Waals surface area contributed by atoms with Crippen LogP contribution in [0.2, 0.25) is 10.0 Å². The summed E-state index contributed by atoms with van der Waals surface area (Å²) in [4.78, 5) is 14.5. The number of nitrogens with one attached hydrogen (secondary N) is 2. The first-order valence-electron chi connectivity index (χ1n) is 11.9. The van der Waals surface area contributed by atoms with E-state index in [0.717, 1.165) is 41.3 Å². The number of hydrogen-bond donors (Lipinski definition) is 2. The van der Waals surface area contributed by atoms with Crippen molar-refractivity contribution in [2.75, 3.05) is 20.1 Å². The van der Waals surface area contributed by atoms with Gasteiger partial charge in [0.05, 0.1) is 10.4 Å². The van der Waals surface area contributed by atoms with Crippen LogP contribution in [-0.4, -0.2) is 44.1 Å². The number of carbonyl (C=O) groups excluding carboxylic acids is 1. The number of likely N-dealkylation sites (N-methyl/N-ethyl adjacent to an activating group) is 1. The van der Waals surface area contributed by atoms with E-state index < -0.39 is 16.1 Å². The minimum absolute atomic E-state index is 0.0316. The molecular formula is C27H26Cl2N4O3S. The molecule has 0 fully saturated rings. The van der Waals surface area contributed by atoms with E-state index in [2.05, 4.69) is 46.1 Å². The molecule has 5 rings (SSSR count). The zero-order valence-electron chi connectivity index (χ0n) is 20.2. The first-order chi connectivity index (χ1) is 17.7. The number of urea groups is 1. The van der Waals surface area contributed by atoms with Gasteiger partial charge in [0.15, 0.2) is 0 Å². The summed E-state index contributed by atoms with van der Waals surface area (Å²) in [5.74, 6) is 0. The Bertz CT molecular complexity index is 1570. The molecule has 0 atom stereocenters. The second kappa shape index (κ2) is 10.4. The van der Waals surface area contributed by atoms with Gasteiger partial charge in [0.2, 0.25) is 0 Å². The molecule has 0 aliphatic carbocycles. The molecule has 0 saturated carbocycles. The average molecular weight is 558 g/mol. The Morgan fingerprint density at radius 3 is 2.41 bits per heavy atom. The lowest BCUT2D eigenvalue weighted by atomic mass is 10.0. The molecule has 0 unspecified atom stereocenters. The fourth-order valence-corrected chi connectivity index (χ4v) is 5.95. The highest BCUT2D eigenvalue weighted by molar-refractivity contribution is 7.90. The van der Waals surface area contributed by atoms with Crippen LogP contribution >= 0.6 is 23.2 Å². The predicted molar refractivity (Wildman–Crippen MR) is 147 cm³/mol. The van der Waals surface area contributed by atoms with Crippen LogP contribution in [0.5, 0.6) is 0 Å². The summed E-state index contributed by atoms with van der Waals surface area (Å²) < 4.78 is 29.0. The minimum Gasteiger partial charge on any atom is -0.337 e. The number of benzene rings is 3. The van der Waals surface area contributed by atoms with Crippen LogP contribution in [-0.2, 0) is 29.4 Å². The van der Waals surface area contributed by atoms with Crippen LogP contribution in [0, 0.1) is 0 Å². The maximum atomic E-state index is 12.3. The van der Waals surface area contributed by atoms with Crippen LogP contribution in [0.3, 0.4) is 0 Å². The number of fused-ring (bicyclic) bond motifs is 3. The molecule has 0 saturated heterocycles.